The molecule has 1 aromatic rings. The van der Waals surface area contributed by atoms with Gasteiger partial charge in [0.2, 0.25) is 0 Å². The molecule has 6 nitrogen and oxygen atoms in total. The summed E-state index contributed by atoms with van der Waals surface area (Å²) in [5, 5.41) is 9.91. The fraction of sp³-hybridized carbons (Fsp3) is 0.583. The highest BCUT2D eigenvalue weighted by atomic mass is 32.2. The summed E-state index contributed by atoms with van der Waals surface area (Å²) in [4.78, 5) is 0. The van der Waals surface area contributed by atoms with Gasteiger partial charge in [-0.2, -0.15) is 9.40 Å². The lowest BCUT2D eigenvalue weighted by atomic mass is 10.3. The Hall–Kier alpha value is -1.18. The van der Waals surface area contributed by atoms with Crippen molar-refractivity contribution in [3.63, 3.8) is 0 Å². The number of H-pyrrole nitrogens is 1. The third-order valence-electron chi connectivity index (χ3n) is 3.00. The van der Waals surface area contributed by atoms with Gasteiger partial charge in [-0.05, 0) is 19.8 Å². The van der Waals surface area contributed by atoms with E-state index in [1.807, 2.05) is 0 Å². The van der Waals surface area contributed by atoms with Crippen LogP contribution in [0.5, 0.6) is 0 Å². The zero-order chi connectivity index (χ0) is 14.0. The number of sulfonamides is 1. The van der Waals surface area contributed by atoms with Crippen LogP contribution in [0.1, 0.15) is 25.3 Å². The fourth-order valence-electron chi connectivity index (χ4n) is 1.81. The number of likely N-dealkylation sites (N-methyl/N-ethyl adjacent to an activating group) is 1. The first kappa shape index (κ1) is 14.2. The van der Waals surface area contributed by atoms with E-state index < -0.39 is 10.0 Å². The predicted molar refractivity (Wildman–Crippen MR) is 73.1 cm³/mol. The first-order valence-electron chi connectivity index (χ1n) is 6.27. The molecule has 0 bridgehead atoms. The van der Waals surface area contributed by atoms with Crippen molar-refractivity contribution >= 4 is 10.0 Å². The Balaban J connectivity index is 2.14. The van der Waals surface area contributed by atoms with Gasteiger partial charge >= 0.3 is 0 Å². The molecule has 0 radical (unpaired) electrons. The minimum Gasteiger partial charge on any atom is -0.310 e. The van der Waals surface area contributed by atoms with Crippen LogP contribution in [0.25, 0.3) is 0 Å². The highest BCUT2D eigenvalue weighted by molar-refractivity contribution is 7.89. The summed E-state index contributed by atoms with van der Waals surface area (Å²) < 4.78 is 26.1. The molecule has 19 heavy (non-hydrogen) atoms. The summed E-state index contributed by atoms with van der Waals surface area (Å²) in [7, 11) is -1.99. The Kier molecular flexibility index (Phi) is 4.07. The van der Waals surface area contributed by atoms with Crippen LogP contribution in [-0.2, 0) is 16.6 Å². The van der Waals surface area contributed by atoms with Crippen molar-refractivity contribution < 1.29 is 8.42 Å². The lowest BCUT2D eigenvalue weighted by molar-refractivity contribution is 0.487. The molecule has 106 valence electrons. The van der Waals surface area contributed by atoms with Crippen LogP contribution in [0.15, 0.2) is 23.4 Å². The summed E-state index contributed by atoms with van der Waals surface area (Å²) in [5.41, 5.74) is 1.48. The smallest absolute Gasteiger partial charge is 0.260 e. The van der Waals surface area contributed by atoms with E-state index >= 15 is 0 Å². The Bertz CT molecular complexity index is 560. The van der Waals surface area contributed by atoms with Gasteiger partial charge in [0.15, 0.2) is 5.03 Å². The molecule has 2 N–H and O–H groups in total. The summed E-state index contributed by atoms with van der Waals surface area (Å²) >= 11 is 0. The summed E-state index contributed by atoms with van der Waals surface area (Å²) in [6.45, 7) is 6.36. The molecule has 0 aromatic carbocycles. The van der Waals surface area contributed by atoms with E-state index in [0.717, 1.165) is 18.4 Å². The zero-order valence-electron chi connectivity index (χ0n) is 11.3. The van der Waals surface area contributed by atoms with E-state index in [1.54, 1.807) is 20.2 Å². The van der Waals surface area contributed by atoms with Crippen LogP contribution >= 0.6 is 0 Å². The van der Waals surface area contributed by atoms with Crippen molar-refractivity contribution in [3.8, 4) is 0 Å². The van der Waals surface area contributed by atoms with Gasteiger partial charge in [-0.25, -0.2) is 8.42 Å². The maximum absolute atomic E-state index is 12.4. The quantitative estimate of drug-likeness (QED) is 0.728. The van der Waals surface area contributed by atoms with Crippen molar-refractivity contribution in [1.29, 1.82) is 0 Å². The number of nitrogens with one attached hydrogen (secondary N) is 2. The van der Waals surface area contributed by atoms with Gasteiger partial charge in [-0.1, -0.05) is 12.2 Å². The first-order chi connectivity index (χ1) is 8.91. The maximum Gasteiger partial charge on any atom is 0.260 e. The van der Waals surface area contributed by atoms with Crippen molar-refractivity contribution in [1.82, 2.24) is 19.8 Å². The van der Waals surface area contributed by atoms with E-state index in [-0.39, 0.29) is 5.03 Å². The molecule has 2 rings (SSSR count). The number of hydrogen-bond donors (Lipinski definition) is 2. The number of nitrogens with zero attached hydrogens (tertiary/aromatic N) is 2. The second-order valence-corrected chi connectivity index (χ2v) is 7.08. The second kappa shape index (κ2) is 5.44. The largest absolute Gasteiger partial charge is 0.310 e. The monoisotopic (exact) mass is 284 g/mol. The summed E-state index contributed by atoms with van der Waals surface area (Å²) in [6.07, 6.45) is 3.89. The Morgan fingerprint density at radius 3 is 2.89 bits per heavy atom. The molecule has 1 heterocycles. The van der Waals surface area contributed by atoms with Crippen molar-refractivity contribution in [2.45, 2.75) is 37.4 Å². The molecule has 0 amide bonds. The van der Waals surface area contributed by atoms with Crippen molar-refractivity contribution in [2.24, 2.45) is 0 Å². The van der Waals surface area contributed by atoms with E-state index in [0.29, 0.717) is 24.7 Å². The molecule has 1 fully saturated rings. The number of hydrogen-bond acceptors (Lipinski definition) is 4. The molecular formula is C12H20N4O2S. The molecule has 0 spiro atoms. The number of aromatic nitrogens is 2. The molecule has 1 aliphatic carbocycles. The van der Waals surface area contributed by atoms with Gasteiger partial charge in [0, 0.05) is 31.7 Å². The van der Waals surface area contributed by atoms with Crippen LogP contribution < -0.4 is 5.32 Å². The molecule has 0 atom stereocenters. The van der Waals surface area contributed by atoms with Gasteiger partial charge in [0.05, 0.1) is 6.20 Å². The molecule has 0 aliphatic heterocycles. The molecule has 1 aromatic heterocycles. The Labute approximate surface area is 113 Å². The lowest BCUT2D eigenvalue weighted by Crippen LogP contribution is -2.30. The van der Waals surface area contributed by atoms with Gasteiger partial charge in [0.25, 0.3) is 10.0 Å². The standard InChI is InChI=1S/C12H20N4O2S/c1-9(2)8-16(3)19(17,18)12-10(7-14-15-12)6-13-11-4-5-11/h7,11,13H,1,4-6,8H2,2-3H3,(H,14,15). The third kappa shape index (κ3) is 3.43. The normalized spacial score (nSPS) is 15.9. The minimum absolute atomic E-state index is 0.171. The van der Waals surface area contributed by atoms with Gasteiger partial charge in [0.1, 0.15) is 0 Å². The molecule has 1 saturated carbocycles. The van der Waals surface area contributed by atoms with Gasteiger partial charge in [-0.3, -0.25) is 5.10 Å². The zero-order valence-corrected chi connectivity index (χ0v) is 12.1. The fourth-order valence-corrected chi connectivity index (χ4v) is 3.14. The van der Waals surface area contributed by atoms with Gasteiger partial charge in [-0.15, -0.1) is 0 Å². The van der Waals surface area contributed by atoms with Crippen molar-refractivity contribution in [2.75, 3.05) is 13.6 Å². The van der Waals surface area contributed by atoms with Crippen LogP contribution in [-0.4, -0.2) is 42.6 Å². The average Bonchev–Trinajstić information content (AvgIpc) is 3.02. The van der Waals surface area contributed by atoms with E-state index in [4.69, 9.17) is 0 Å². The Morgan fingerprint density at radius 1 is 1.63 bits per heavy atom. The summed E-state index contributed by atoms with van der Waals surface area (Å²) in [6, 6.07) is 0.526. The molecule has 0 saturated heterocycles. The molecule has 1 aliphatic rings. The molecular weight excluding hydrogens is 264 g/mol. The van der Waals surface area contributed by atoms with Crippen LogP contribution in [0, 0.1) is 0 Å². The van der Waals surface area contributed by atoms with E-state index in [2.05, 4.69) is 22.1 Å². The number of rotatable bonds is 7. The highest BCUT2D eigenvalue weighted by Gasteiger charge is 2.27. The van der Waals surface area contributed by atoms with Crippen LogP contribution in [0.3, 0.4) is 0 Å². The topological polar surface area (TPSA) is 78.1 Å². The molecule has 0 unspecified atom stereocenters. The SMILES string of the molecule is C=C(C)CN(C)S(=O)(=O)c1[nH]ncc1CNC1CC1. The number of aromatic amines is 1. The second-order valence-electron chi connectivity index (χ2n) is 5.10. The lowest BCUT2D eigenvalue weighted by Gasteiger charge is -2.17. The van der Waals surface area contributed by atoms with Crippen molar-refractivity contribution in [3.05, 3.63) is 23.9 Å². The molecule has 7 heteroatoms. The van der Waals surface area contributed by atoms with Gasteiger partial charge < -0.3 is 5.32 Å². The predicted octanol–water partition coefficient (Wildman–Crippen LogP) is 0.858. The Morgan fingerprint density at radius 2 is 2.32 bits per heavy atom. The highest BCUT2D eigenvalue weighted by Crippen LogP contribution is 2.21. The first-order valence-corrected chi connectivity index (χ1v) is 7.71. The van der Waals surface area contributed by atoms with E-state index in [1.165, 1.54) is 4.31 Å². The summed E-state index contributed by atoms with van der Waals surface area (Å²) in [5.74, 6) is 0. The van der Waals surface area contributed by atoms with E-state index in [9.17, 15) is 8.42 Å². The average molecular weight is 284 g/mol. The minimum atomic E-state index is -3.53. The van der Waals surface area contributed by atoms with Crippen LogP contribution in [0.2, 0.25) is 0 Å². The third-order valence-corrected chi connectivity index (χ3v) is 4.82. The maximum atomic E-state index is 12.4. The van der Waals surface area contributed by atoms with Crippen LogP contribution in [0.4, 0.5) is 0 Å².